The maximum absolute atomic E-state index is 11.7. The summed E-state index contributed by atoms with van der Waals surface area (Å²) in [6.07, 6.45) is 3.58. The molecule has 8 heteroatoms. The third-order valence-corrected chi connectivity index (χ3v) is 7.09. The molecule has 1 aromatic carbocycles. The Morgan fingerprint density at radius 1 is 1.03 bits per heavy atom. The number of carbonyl (C=O) groups is 1. The first-order valence-electron chi connectivity index (χ1n) is 11.8. The highest BCUT2D eigenvalue weighted by Crippen LogP contribution is 2.42. The summed E-state index contributed by atoms with van der Waals surface area (Å²) in [5.74, 6) is -0.943. The number of carboxylic acid groups (broad SMARTS) is 1. The van der Waals surface area contributed by atoms with Gasteiger partial charge in [-0.3, -0.25) is 9.97 Å². The first-order valence-corrected chi connectivity index (χ1v) is 12.2. The predicted molar refractivity (Wildman–Crippen MR) is 142 cm³/mol. The van der Waals surface area contributed by atoms with Crippen LogP contribution in [0.3, 0.4) is 0 Å². The molecule has 0 bridgehead atoms. The van der Waals surface area contributed by atoms with Gasteiger partial charge in [-0.15, -0.1) is 0 Å². The molecule has 3 aromatic heterocycles. The number of aromatic nitrogens is 3. The lowest BCUT2D eigenvalue weighted by molar-refractivity contribution is 0.0697. The molecule has 0 unspecified atom stereocenters. The Kier molecular flexibility index (Phi) is 6.28. The highest BCUT2D eigenvalue weighted by atomic mass is 32.1. The lowest BCUT2D eigenvalue weighted by Gasteiger charge is -2.28. The van der Waals surface area contributed by atoms with Gasteiger partial charge in [0, 0.05) is 29.5 Å². The zero-order chi connectivity index (χ0) is 25.4. The number of hydrogen-bond donors (Lipinski definition) is 2. The monoisotopic (exact) mass is 497 g/mol. The summed E-state index contributed by atoms with van der Waals surface area (Å²) in [6, 6.07) is 18.9. The third-order valence-electron chi connectivity index (χ3n) is 6.74. The smallest absolute Gasteiger partial charge is 0.335 e. The molecule has 4 aromatic rings. The summed E-state index contributed by atoms with van der Waals surface area (Å²) in [7, 11) is 0. The van der Waals surface area contributed by atoms with E-state index in [9.17, 15) is 9.90 Å². The molecule has 0 amide bonds. The number of hydrogen-bond acceptors (Lipinski definition) is 4. The van der Waals surface area contributed by atoms with Crippen molar-refractivity contribution in [2.75, 3.05) is 0 Å². The minimum atomic E-state index is -0.943. The Balaban J connectivity index is 1.64. The fraction of sp³-hybridized carbons (Fsp3) is 0.214. The van der Waals surface area contributed by atoms with E-state index in [1.54, 1.807) is 24.5 Å². The van der Waals surface area contributed by atoms with E-state index < -0.39 is 5.97 Å². The van der Waals surface area contributed by atoms with Gasteiger partial charge < -0.3 is 19.9 Å². The normalized spacial score (nSPS) is 17.3. The highest BCUT2D eigenvalue weighted by Gasteiger charge is 2.41. The average molecular weight is 498 g/mol. The number of thiocarbonyl (C=S) groups is 1. The van der Waals surface area contributed by atoms with Crippen molar-refractivity contribution in [2.45, 2.75) is 39.4 Å². The Morgan fingerprint density at radius 3 is 2.44 bits per heavy atom. The van der Waals surface area contributed by atoms with Crippen LogP contribution in [0.25, 0.3) is 5.69 Å². The number of benzene rings is 1. The second kappa shape index (κ2) is 9.54. The van der Waals surface area contributed by atoms with Gasteiger partial charge in [-0.2, -0.15) is 0 Å². The van der Waals surface area contributed by atoms with Crippen LogP contribution < -0.4 is 5.32 Å². The lowest BCUT2D eigenvalue weighted by Crippen LogP contribution is -2.29. The first kappa shape index (κ1) is 23.7. The molecule has 7 nitrogen and oxygen atoms in total. The molecule has 36 heavy (non-hydrogen) atoms. The Labute approximate surface area is 215 Å². The van der Waals surface area contributed by atoms with E-state index in [0.717, 1.165) is 39.6 Å². The van der Waals surface area contributed by atoms with Gasteiger partial charge >= 0.3 is 5.97 Å². The molecule has 0 spiro atoms. The van der Waals surface area contributed by atoms with Crippen molar-refractivity contribution in [3.63, 3.8) is 0 Å². The largest absolute Gasteiger partial charge is 0.478 e. The molecule has 1 fully saturated rings. The summed E-state index contributed by atoms with van der Waals surface area (Å²) in [4.78, 5) is 23.0. The fourth-order valence-electron chi connectivity index (χ4n) is 5.02. The van der Waals surface area contributed by atoms with Crippen molar-refractivity contribution in [2.24, 2.45) is 0 Å². The maximum Gasteiger partial charge on any atom is 0.335 e. The van der Waals surface area contributed by atoms with E-state index in [-0.39, 0.29) is 17.6 Å². The summed E-state index contributed by atoms with van der Waals surface area (Å²) in [6.45, 7) is 6.67. The van der Waals surface area contributed by atoms with Gasteiger partial charge in [0.05, 0.1) is 35.6 Å². The summed E-state index contributed by atoms with van der Waals surface area (Å²) < 4.78 is 2.13. The molecule has 1 aliphatic rings. The van der Waals surface area contributed by atoms with E-state index in [1.165, 1.54) is 0 Å². The average Bonchev–Trinajstić information content (AvgIpc) is 3.35. The van der Waals surface area contributed by atoms with E-state index in [1.807, 2.05) is 56.3 Å². The van der Waals surface area contributed by atoms with Gasteiger partial charge in [-0.05, 0) is 86.6 Å². The number of pyridine rings is 2. The number of rotatable bonds is 6. The molecule has 1 saturated heterocycles. The molecule has 2 atom stereocenters. The summed E-state index contributed by atoms with van der Waals surface area (Å²) >= 11 is 5.82. The van der Waals surface area contributed by atoms with Crippen LogP contribution in [0.15, 0.2) is 73.1 Å². The summed E-state index contributed by atoms with van der Waals surface area (Å²) in [5, 5.41) is 13.7. The van der Waals surface area contributed by atoms with Crippen molar-refractivity contribution in [1.29, 1.82) is 0 Å². The predicted octanol–water partition coefficient (Wildman–Crippen LogP) is 5.06. The number of carboxylic acids is 1. The molecule has 0 saturated carbocycles. The fourth-order valence-corrected chi connectivity index (χ4v) is 5.33. The van der Waals surface area contributed by atoms with Crippen molar-refractivity contribution in [3.8, 4) is 5.69 Å². The van der Waals surface area contributed by atoms with Crippen LogP contribution >= 0.6 is 12.2 Å². The molecule has 182 valence electrons. The number of nitrogens with one attached hydrogen (secondary N) is 1. The summed E-state index contributed by atoms with van der Waals surface area (Å²) in [5.41, 5.74) is 7.10. The number of nitrogens with zero attached hydrogens (tertiary/aromatic N) is 4. The van der Waals surface area contributed by atoms with Crippen LogP contribution in [0.1, 0.15) is 56.3 Å². The molecule has 0 aliphatic carbocycles. The molecule has 0 radical (unpaired) electrons. The van der Waals surface area contributed by atoms with Gasteiger partial charge in [-0.25, -0.2) is 4.79 Å². The zero-order valence-electron chi connectivity index (χ0n) is 20.3. The second-order valence-corrected chi connectivity index (χ2v) is 9.43. The van der Waals surface area contributed by atoms with E-state index in [2.05, 4.69) is 37.7 Å². The second-order valence-electron chi connectivity index (χ2n) is 9.04. The Bertz CT molecular complexity index is 1440. The van der Waals surface area contributed by atoms with Gasteiger partial charge in [0.25, 0.3) is 0 Å². The van der Waals surface area contributed by atoms with Crippen LogP contribution in [0.4, 0.5) is 0 Å². The third kappa shape index (κ3) is 4.24. The Hall–Kier alpha value is -4.04. The van der Waals surface area contributed by atoms with Crippen LogP contribution in [-0.4, -0.2) is 35.6 Å². The van der Waals surface area contributed by atoms with Crippen LogP contribution in [0.5, 0.6) is 0 Å². The molecular formula is C28H27N5O2S. The minimum Gasteiger partial charge on any atom is -0.478 e. The molecule has 2 N–H and O–H groups in total. The van der Waals surface area contributed by atoms with Gasteiger partial charge in [0.2, 0.25) is 0 Å². The van der Waals surface area contributed by atoms with Crippen LogP contribution in [0, 0.1) is 20.8 Å². The van der Waals surface area contributed by atoms with Gasteiger partial charge in [-0.1, -0.05) is 18.2 Å². The molecule has 4 heterocycles. The minimum absolute atomic E-state index is 0.127. The molecule has 5 rings (SSSR count). The standard InChI is InChI=1S/C28H27N5O2S/c1-17-10-11-20(27(34)35)15-24(17)33-18(2)14-22(19(33)3)26-25(23-9-5-7-13-30-23)31-28(36)32(26)16-21-8-4-6-12-29-21/h4-15,25-26H,16H2,1-3H3,(H,31,36)(H,34,35)/t25-,26-/m0/s1. The quantitative estimate of drug-likeness (QED) is 0.360. The zero-order valence-corrected chi connectivity index (χ0v) is 21.2. The first-order chi connectivity index (χ1) is 17.3. The van der Waals surface area contributed by atoms with Crippen LogP contribution in [-0.2, 0) is 6.54 Å². The molecule has 1 aliphatic heterocycles. The highest BCUT2D eigenvalue weighted by molar-refractivity contribution is 7.80. The Morgan fingerprint density at radius 2 is 1.78 bits per heavy atom. The van der Waals surface area contributed by atoms with Crippen molar-refractivity contribution >= 4 is 23.3 Å². The van der Waals surface area contributed by atoms with Crippen molar-refractivity contribution in [1.82, 2.24) is 24.8 Å². The van der Waals surface area contributed by atoms with Gasteiger partial charge in [0.15, 0.2) is 5.11 Å². The van der Waals surface area contributed by atoms with Crippen molar-refractivity contribution < 1.29 is 9.90 Å². The van der Waals surface area contributed by atoms with E-state index in [0.29, 0.717) is 11.7 Å². The van der Waals surface area contributed by atoms with Crippen LogP contribution in [0.2, 0.25) is 0 Å². The SMILES string of the molecule is Cc1ccc(C(=O)O)cc1-n1c(C)cc([C@H]2[C@H](c3ccccn3)NC(=S)N2Cc2ccccn2)c1C. The van der Waals surface area contributed by atoms with Gasteiger partial charge in [0.1, 0.15) is 0 Å². The molecular weight excluding hydrogens is 470 g/mol. The van der Waals surface area contributed by atoms with E-state index in [4.69, 9.17) is 12.2 Å². The number of aryl methyl sites for hydroxylation is 2. The maximum atomic E-state index is 11.7. The van der Waals surface area contributed by atoms with Crippen molar-refractivity contribution in [3.05, 3.63) is 113 Å². The lowest BCUT2D eigenvalue weighted by atomic mass is 9.96. The number of aromatic carboxylic acids is 1. The topological polar surface area (TPSA) is 83.3 Å². The van der Waals surface area contributed by atoms with E-state index >= 15 is 0 Å².